The van der Waals surface area contributed by atoms with Crippen molar-refractivity contribution < 1.29 is 14.8 Å². The third-order valence-corrected chi connectivity index (χ3v) is 4.48. The van der Waals surface area contributed by atoms with E-state index in [-0.39, 0.29) is 11.6 Å². The Labute approximate surface area is 138 Å². The summed E-state index contributed by atoms with van der Waals surface area (Å²) >= 11 is 0. The molecule has 0 saturated heterocycles. The lowest BCUT2D eigenvalue weighted by Gasteiger charge is -2.30. The second-order valence-corrected chi connectivity index (χ2v) is 5.91. The molecular formula is C19H15NO4. The van der Waals surface area contributed by atoms with Crippen molar-refractivity contribution in [2.45, 2.75) is 18.6 Å². The van der Waals surface area contributed by atoms with E-state index < -0.39 is 11.2 Å². The summed E-state index contributed by atoms with van der Waals surface area (Å²) in [4.78, 5) is 10.4. The molecule has 120 valence electrons. The molecule has 1 aliphatic rings. The van der Waals surface area contributed by atoms with Gasteiger partial charge in [-0.05, 0) is 10.9 Å². The Kier molecular flexibility index (Phi) is 3.43. The molecule has 3 aromatic carbocycles. The van der Waals surface area contributed by atoms with Crippen LogP contribution in [0.3, 0.4) is 0 Å². The minimum atomic E-state index is -0.900. The van der Waals surface area contributed by atoms with E-state index in [9.17, 15) is 15.2 Å². The molecule has 0 saturated carbocycles. The lowest BCUT2D eigenvalue weighted by atomic mass is 9.84. The fourth-order valence-corrected chi connectivity index (χ4v) is 3.32. The topological polar surface area (TPSA) is 72.6 Å². The number of nitro benzene ring substituents is 1. The predicted octanol–water partition coefficient (Wildman–Crippen LogP) is 3.98. The summed E-state index contributed by atoms with van der Waals surface area (Å²) in [5.41, 5.74) is 1.98. The first kappa shape index (κ1) is 14.7. The van der Waals surface area contributed by atoms with E-state index in [1.54, 1.807) is 12.1 Å². The van der Waals surface area contributed by atoms with Crippen molar-refractivity contribution in [3.05, 3.63) is 81.9 Å². The number of nitro groups is 1. The first-order chi connectivity index (χ1) is 11.6. The first-order valence-electron chi connectivity index (χ1n) is 7.74. The number of fused-ring (bicyclic) bond motifs is 3. The van der Waals surface area contributed by atoms with Gasteiger partial charge in [-0.1, -0.05) is 48.5 Å². The van der Waals surface area contributed by atoms with Crippen molar-refractivity contribution in [1.29, 1.82) is 0 Å². The van der Waals surface area contributed by atoms with Crippen LogP contribution < -0.4 is 4.74 Å². The minimum Gasteiger partial charge on any atom is -0.464 e. The Bertz CT molecular complexity index is 920. The molecule has 0 unspecified atom stereocenters. The second kappa shape index (κ2) is 5.62. The quantitative estimate of drug-likeness (QED) is 0.572. The number of ether oxygens (including phenoxy) is 1. The van der Waals surface area contributed by atoms with Gasteiger partial charge in [-0.3, -0.25) is 10.1 Å². The van der Waals surface area contributed by atoms with E-state index in [2.05, 4.69) is 0 Å². The van der Waals surface area contributed by atoms with Gasteiger partial charge in [-0.2, -0.15) is 0 Å². The highest BCUT2D eigenvalue weighted by Crippen LogP contribution is 2.43. The van der Waals surface area contributed by atoms with Gasteiger partial charge in [0.15, 0.2) is 6.29 Å². The van der Waals surface area contributed by atoms with E-state index in [1.807, 2.05) is 36.4 Å². The van der Waals surface area contributed by atoms with Crippen LogP contribution in [0.15, 0.2) is 60.7 Å². The first-order valence-corrected chi connectivity index (χ1v) is 7.74. The molecule has 5 nitrogen and oxygen atoms in total. The minimum absolute atomic E-state index is 0.0603. The average Bonchev–Trinajstić information content (AvgIpc) is 2.61. The SMILES string of the molecule is O=[N+]([O-])c1ccc([C@@H]2C[C@@H](O)Oc3c2ccc2ccccc32)cc1. The van der Waals surface area contributed by atoms with Crippen LogP contribution >= 0.6 is 0 Å². The van der Waals surface area contributed by atoms with Crippen LogP contribution in [0.2, 0.25) is 0 Å². The van der Waals surface area contributed by atoms with Crippen molar-refractivity contribution in [2.75, 3.05) is 0 Å². The summed E-state index contributed by atoms with van der Waals surface area (Å²) in [6.45, 7) is 0. The maximum atomic E-state index is 10.8. The maximum absolute atomic E-state index is 10.8. The molecule has 3 aromatic rings. The zero-order chi connectivity index (χ0) is 16.7. The third kappa shape index (κ3) is 2.39. The smallest absolute Gasteiger partial charge is 0.269 e. The highest BCUT2D eigenvalue weighted by molar-refractivity contribution is 5.90. The summed E-state index contributed by atoms with van der Waals surface area (Å²) in [7, 11) is 0. The van der Waals surface area contributed by atoms with E-state index >= 15 is 0 Å². The van der Waals surface area contributed by atoms with Crippen LogP contribution in [0.5, 0.6) is 5.75 Å². The number of rotatable bonds is 2. The number of hydrogen-bond donors (Lipinski definition) is 1. The molecule has 4 rings (SSSR count). The molecule has 0 fully saturated rings. The van der Waals surface area contributed by atoms with E-state index in [4.69, 9.17) is 4.74 Å². The summed E-state index contributed by atoms with van der Waals surface area (Å²) in [6.07, 6.45) is -0.480. The zero-order valence-corrected chi connectivity index (χ0v) is 12.8. The lowest BCUT2D eigenvalue weighted by molar-refractivity contribution is -0.384. The summed E-state index contributed by atoms with van der Waals surface area (Å²) in [5.74, 6) is 0.629. The normalized spacial score (nSPS) is 19.5. The summed E-state index contributed by atoms with van der Waals surface area (Å²) in [5, 5.41) is 23.0. The number of aliphatic hydroxyl groups excluding tert-OH is 1. The van der Waals surface area contributed by atoms with Crippen molar-refractivity contribution in [1.82, 2.24) is 0 Å². The van der Waals surface area contributed by atoms with Crippen molar-refractivity contribution in [3.8, 4) is 5.75 Å². The molecule has 1 heterocycles. The van der Waals surface area contributed by atoms with Gasteiger partial charge in [0.25, 0.3) is 5.69 Å². The molecule has 0 spiro atoms. The van der Waals surface area contributed by atoms with Gasteiger partial charge in [0.05, 0.1) is 4.92 Å². The fourth-order valence-electron chi connectivity index (χ4n) is 3.32. The summed E-state index contributed by atoms with van der Waals surface area (Å²) < 4.78 is 5.71. The van der Waals surface area contributed by atoms with Gasteiger partial charge >= 0.3 is 0 Å². The Morgan fingerprint density at radius 3 is 2.54 bits per heavy atom. The summed E-state index contributed by atoms with van der Waals surface area (Å²) in [6, 6.07) is 18.4. The monoisotopic (exact) mass is 321 g/mol. The van der Waals surface area contributed by atoms with Crippen LogP contribution in [0.1, 0.15) is 23.5 Å². The fraction of sp³-hybridized carbons (Fsp3) is 0.158. The molecule has 5 heteroatoms. The zero-order valence-electron chi connectivity index (χ0n) is 12.8. The van der Waals surface area contributed by atoms with E-state index in [1.165, 1.54) is 12.1 Å². The van der Waals surface area contributed by atoms with Gasteiger partial charge in [-0.25, -0.2) is 0 Å². The number of benzene rings is 3. The standard InChI is InChI=1S/C19H15NO4/c21-18-11-17(13-5-8-14(9-6-13)20(22)23)16-10-7-12-3-1-2-4-15(12)19(16)24-18/h1-10,17-18,21H,11H2/t17-,18-/m0/s1. The highest BCUT2D eigenvalue weighted by Gasteiger charge is 2.29. The van der Waals surface area contributed by atoms with Gasteiger partial charge in [0, 0.05) is 35.4 Å². The van der Waals surface area contributed by atoms with E-state index in [0.29, 0.717) is 12.2 Å². The molecule has 1 N–H and O–H groups in total. The van der Waals surface area contributed by atoms with Crippen molar-refractivity contribution in [2.24, 2.45) is 0 Å². The second-order valence-electron chi connectivity index (χ2n) is 5.91. The molecule has 2 atom stereocenters. The van der Waals surface area contributed by atoms with Crippen LogP contribution in [0, 0.1) is 10.1 Å². The number of hydrogen-bond acceptors (Lipinski definition) is 4. The molecule has 0 radical (unpaired) electrons. The predicted molar refractivity (Wildman–Crippen MR) is 90.1 cm³/mol. The number of non-ortho nitro benzene ring substituents is 1. The Morgan fingerprint density at radius 1 is 1.04 bits per heavy atom. The average molecular weight is 321 g/mol. The van der Waals surface area contributed by atoms with Gasteiger partial charge in [-0.15, -0.1) is 0 Å². The van der Waals surface area contributed by atoms with Crippen LogP contribution in [0.25, 0.3) is 10.8 Å². The molecule has 24 heavy (non-hydrogen) atoms. The van der Waals surface area contributed by atoms with Crippen LogP contribution in [0.4, 0.5) is 5.69 Å². The molecule has 0 bridgehead atoms. The van der Waals surface area contributed by atoms with Crippen molar-refractivity contribution >= 4 is 16.5 Å². The number of nitrogens with zero attached hydrogens (tertiary/aromatic N) is 1. The van der Waals surface area contributed by atoms with Crippen LogP contribution in [-0.2, 0) is 0 Å². The van der Waals surface area contributed by atoms with Gasteiger partial charge in [0.2, 0.25) is 0 Å². The molecular weight excluding hydrogens is 306 g/mol. The highest BCUT2D eigenvalue weighted by atomic mass is 16.6. The third-order valence-electron chi connectivity index (χ3n) is 4.48. The lowest BCUT2D eigenvalue weighted by Crippen LogP contribution is -2.25. The Morgan fingerprint density at radius 2 is 1.79 bits per heavy atom. The molecule has 0 aliphatic carbocycles. The van der Waals surface area contributed by atoms with Gasteiger partial charge < -0.3 is 9.84 Å². The Balaban J connectivity index is 1.84. The van der Waals surface area contributed by atoms with Crippen molar-refractivity contribution in [3.63, 3.8) is 0 Å². The Hall–Kier alpha value is -2.92. The molecule has 0 aromatic heterocycles. The van der Waals surface area contributed by atoms with Gasteiger partial charge in [0.1, 0.15) is 5.75 Å². The molecule has 1 aliphatic heterocycles. The van der Waals surface area contributed by atoms with Crippen LogP contribution in [-0.4, -0.2) is 16.3 Å². The van der Waals surface area contributed by atoms with E-state index in [0.717, 1.165) is 21.9 Å². The molecule has 0 amide bonds. The largest absolute Gasteiger partial charge is 0.464 e. The maximum Gasteiger partial charge on any atom is 0.269 e. The number of aliphatic hydroxyl groups is 1.